The Balaban J connectivity index is 1.83. The van der Waals surface area contributed by atoms with Gasteiger partial charge in [-0.1, -0.05) is 13.3 Å². The van der Waals surface area contributed by atoms with E-state index in [0.717, 1.165) is 37.0 Å². The second kappa shape index (κ2) is 8.86. The molecule has 1 atom stereocenters. The molecule has 1 aliphatic rings. The molecule has 2 heterocycles. The first-order valence-electron chi connectivity index (χ1n) is 9.79. The molecule has 1 aliphatic carbocycles. The van der Waals surface area contributed by atoms with E-state index in [1.807, 2.05) is 6.92 Å². The predicted molar refractivity (Wildman–Crippen MR) is 107 cm³/mol. The molecule has 0 spiro atoms. The van der Waals surface area contributed by atoms with Crippen LogP contribution in [0.4, 0.5) is 0 Å². The van der Waals surface area contributed by atoms with Crippen LogP contribution in [0.25, 0.3) is 10.2 Å². The van der Waals surface area contributed by atoms with Crippen molar-refractivity contribution in [1.29, 1.82) is 0 Å². The molecule has 0 radical (unpaired) electrons. The SMILES string of the molecule is CCC(C)OC(=O)Cn1cnc2sc(C(=O)OC3CCCCC3)c(C)c2c1=O. The number of aryl methyl sites for hydroxylation is 1. The number of rotatable bonds is 6. The summed E-state index contributed by atoms with van der Waals surface area (Å²) in [7, 11) is 0. The summed E-state index contributed by atoms with van der Waals surface area (Å²) < 4.78 is 12.1. The minimum atomic E-state index is -0.484. The summed E-state index contributed by atoms with van der Waals surface area (Å²) in [6.07, 6.45) is 6.87. The van der Waals surface area contributed by atoms with E-state index in [-0.39, 0.29) is 24.3 Å². The summed E-state index contributed by atoms with van der Waals surface area (Å²) in [6.45, 7) is 5.24. The van der Waals surface area contributed by atoms with Gasteiger partial charge in [0.05, 0.1) is 17.8 Å². The van der Waals surface area contributed by atoms with E-state index in [4.69, 9.17) is 9.47 Å². The highest BCUT2D eigenvalue weighted by molar-refractivity contribution is 7.20. The predicted octanol–water partition coefficient (Wildman–Crippen LogP) is 3.60. The Morgan fingerprint density at radius 1 is 1.32 bits per heavy atom. The van der Waals surface area contributed by atoms with Gasteiger partial charge in [-0.25, -0.2) is 9.78 Å². The van der Waals surface area contributed by atoms with Gasteiger partial charge >= 0.3 is 11.9 Å². The maximum atomic E-state index is 12.8. The molecule has 0 amide bonds. The van der Waals surface area contributed by atoms with Gasteiger partial charge in [0.25, 0.3) is 5.56 Å². The topological polar surface area (TPSA) is 87.5 Å². The second-order valence-corrected chi connectivity index (χ2v) is 8.29. The number of esters is 2. The summed E-state index contributed by atoms with van der Waals surface area (Å²) >= 11 is 1.16. The van der Waals surface area contributed by atoms with Gasteiger partial charge in [0.15, 0.2) is 0 Å². The first-order valence-corrected chi connectivity index (χ1v) is 10.6. The normalized spacial score (nSPS) is 16.1. The van der Waals surface area contributed by atoms with Crippen molar-refractivity contribution in [2.75, 3.05) is 0 Å². The van der Waals surface area contributed by atoms with Crippen molar-refractivity contribution < 1.29 is 19.1 Å². The Bertz CT molecular complexity index is 927. The van der Waals surface area contributed by atoms with E-state index < -0.39 is 11.9 Å². The highest BCUT2D eigenvalue weighted by atomic mass is 32.1. The molecule has 152 valence electrons. The van der Waals surface area contributed by atoms with Crippen molar-refractivity contribution in [3.8, 4) is 0 Å². The average Bonchev–Trinajstić information content (AvgIpc) is 3.02. The third kappa shape index (κ3) is 4.43. The average molecular weight is 407 g/mol. The van der Waals surface area contributed by atoms with E-state index in [9.17, 15) is 14.4 Å². The highest BCUT2D eigenvalue weighted by Gasteiger charge is 2.24. The van der Waals surface area contributed by atoms with Gasteiger partial charge in [0.2, 0.25) is 0 Å². The van der Waals surface area contributed by atoms with Gasteiger partial charge in [-0.05, 0) is 51.5 Å². The molecule has 1 fully saturated rings. The maximum Gasteiger partial charge on any atom is 0.348 e. The fourth-order valence-electron chi connectivity index (χ4n) is 3.34. The van der Waals surface area contributed by atoms with Crippen LogP contribution in [-0.4, -0.2) is 33.7 Å². The molecule has 28 heavy (non-hydrogen) atoms. The summed E-state index contributed by atoms with van der Waals surface area (Å²) in [5, 5.41) is 0.361. The first kappa shape index (κ1) is 20.5. The molecule has 1 saturated carbocycles. The summed E-state index contributed by atoms with van der Waals surface area (Å²) in [6, 6.07) is 0. The number of carbonyl (C=O) groups excluding carboxylic acids is 2. The number of ether oxygens (including phenoxy) is 2. The number of aromatic nitrogens is 2. The molecular weight excluding hydrogens is 380 g/mol. The molecule has 0 saturated heterocycles. The molecule has 7 nitrogen and oxygen atoms in total. The van der Waals surface area contributed by atoms with Crippen LogP contribution >= 0.6 is 11.3 Å². The summed E-state index contributed by atoms with van der Waals surface area (Å²) in [4.78, 5) is 42.6. The van der Waals surface area contributed by atoms with E-state index in [1.165, 1.54) is 17.3 Å². The van der Waals surface area contributed by atoms with Crippen molar-refractivity contribution in [3.05, 3.63) is 27.1 Å². The highest BCUT2D eigenvalue weighted by Crippen LogP contribution is 2.29. The van der Waals surface area contributed by atoms with Gasteiger partial charge in [-0.15, -0.1) is 11.3 Å². The first-order chi connectivity index (χ1) is 13.4. The number of hydrogen-bond donors (Lipinski definition) is 0. The minimum absolute atomic E-state index is 0.0502. The number of fused-ring (bicyclic) bond motifs is 1. The van der Waals surface area contributed by atoms with Crippen LogP contribution < -0.4 is 5.56 Å². The summed E-state index contributed by atoms with van der Waals surface area (Å²) in [5.41, 5.74) is 0.208. The Morgan fingerprint density at radius 2 is 2.04 bits per heavy atom. The van der Waals surface area contributed by atoms with Crippen molar-refractivity contribution in [1.82, 2.24) is 9.55 Å². The molecule has 2 aromatic rings. The molecule has 2 aromatic heterocycles. The monoisotopic (exact) mass is 406 g/mol. The fraction of sp³-hybridized carbons (Fsp3) is 0.600. The molecule has 0 bridgehead atoms. The van der Waals surface area contributed by atoms with Crippen LogP contribution in [0.15, 0.2) is 11.1 Å². The Labute approximate surface area is 167 Å². The number of carbonyl (C=O) groups is 2. The van der Waals surface area contributed by atoms with Crippen LogP contribution in [0.2, 0.25) is 0 Å². The Hall–Kier alpha value is -2.22. The van der Waals surface area contributed by atoms with Gasteiger partial charge in [-0.3, -0.25) is 14.2 Å². The number of nitrogens with zero attached hydrogens (tertiary/aromatic N) is 2. The van der Waals surface area contributed by atoms with Gasteiger partial charge < -0.3 is 9.47 Å². The smallest absolute Gasteiger partial charge is 0.348 e. The molecule has 3 rings (SSSR count). The quantitative estimate of drug-likeness (QED) is 0.681. The third-order valence-corrected chi connectivity index (χ3v) is 6.32. The van der Waals surface area contributed by atoms with E-state index in [2.05, 4.69) is 4.98 Å². The maximum absolute atomic E-state index is 12.8. The van der Waals surface area contributed by atoms with Crippen LogP contribution in [-0.2, 0) is 20.8 Å². The van der Waals surface area contributed by atoms with Crippen LogP contribution in [0.1, 0.15) is 67.6 Å². The Kier molecular flexibility index (Phi) is 6.49. The molecule has 0 N–H and O–H groups in total. The van der Waals surface area contributed by atoms with Crippen molar-refractivity contribution in [2.24, 2.45) is 0 Å². The number of thiophene rings is 1. The van der Waals surface area contributed by atoms with Gasteiger partial charge in [0.1, 0.15) is 22.4 Å². The molecule has 1 unspecified atom stereocenters. The van der Waals surface area contributed by atoms with Crippen molar-refractivity contribution >= 4 is 33.5 Å². The number of hydrogen-bond acceptors (Lipinski definition) is 7. The van der Waals surface area contributed by atoms with Crippen LogP contribution in [0.3, 0.4) is 0 Å². The van der Waals surface area contributed by atoms with Crippen LogP contribution in [0, 0.1) is 6.92 Å². The fourth-order valence-corrected chi connectivity index (χ4v) is 4.36. The third-order valence-electron chi connectivity index (χ3n) is 5.14. The lowest BCUT2D eigenvalue weighted by molar-refractivity contribution is -0.149. The standard InChI is InChI=1S/C20H26N2O5S/c1-4-12(2)26-15(23)10-22-11-21-18-16(19(22)24)13(3)17(28-18)20(25)27-14-8-6-5-7-9-14/h11-12,14H,4-10H2,1-3H3. The molecule has 0 aliphatic heterocycles. The molecule has 0 aromatic carbocycles. The summed E-state index contributed by atoms with van der Waals surface area (Å²) in [5.74, 6) is -0.878. The van der Waals surface area contributed by atoms with Crippen molar-refractivity contribution in [3.63, 3.8) is 0 Å². The lowest BCUT2D eigenvalue weighted by Gasteiger charge is -2.21. The van der Waals surface area contributed by atoms with E-state index in [1.54, 1.807) is 13.8 Å². The molecule has 8 heteroatoms. The Morgan fingerprint density at radius 3 is 2.71 bits per heavy atom. The zero-order valence-electron chi connectivity index (χ0n) is 16.5. The molecular formula is C20H26N2O5S. The van der Waals surface area contributed by atoms with Crippen molar-refractivity contribution in [2.45, 2.75) is 78.0 Å². The zero-order valence-corrected chi connectivity index (χ0v) is 17.3. The van der Waals surface area contributed by atoms with Crippen LogP contribution in [0.5, 0.6) is 0 Å². The van der Waals surface area contributed by atoms with E-state index in [0.29, 0.717) is 27.1 Å². The largest absolute Gasteiger partial charge is 0.461 e. The zero-order chi connectivity index (χ0) is 20.3. The lowest BCUT2D eigenvalue weighted by atomic mass is 9.98. The second-order valence-electron chi connectivity index (χ2n) is 7.29. The van der Waals surface area contributed by atoms with Gasteiger partial charge in [0, 0.05) is 0 Å². The minimum Gasteiger partial charge on any atom is -0.461 e. The van der Waals surface area contributed by atoms with Gasteiger partial charge in [-0.2, -0.15) is 0 Å². The van der Waals surface area contributed by atoms with E-state index >= 15 is 0 Å². The lowest BCUT2D eigenvalue weighted by Crippen LogP contribution is -2.27.